The second-order valence-corrected chi connectivity index (χ2v) is 9.51. The van der Waals surface area contributed by atoms with Crippen LogP contribution in [0.2, 0.25) is 0 Å². The van der Waals surface area contributed by atoms with E-state index in [1.165, 1.54) is 6.20 Å². The summed E-state index contributed by atoms with van der Waals surface area (Å²) in [5.41, 5.74) is 1.89. The summed E-state index contributed by atoms with van der Waals surface area (Å²) in [4.78, 5) is 43.0. The van der Waals surface area contributed by atoms with Crippen molar-refractivity contribution in [1.29, 1.82) is 0 Å². The summed E-state index contributed by atoms with van der Waals surface area (Å²) in [5, 5.41) is 3.45. The number of amides is 2. The number of hydrogen-bond acceptors (Lipinski definition) is 8. The van der Waals surface area contributed by atoms with E-state index in [-0.39, 0.29) is 11.8 Å². The van der Waals surface area contributed by atoms with E-state index in [9.17, 15) is 9.59 Å². The van der Waals surface area contributed by atoms with E-state index < -0.39 is 0 Å². The van der Waals surface area contributed by atoms with Crippen molar-refractivity contribution >= 4 is 23.3 Å². The summed E-state index contributed by atoms with van der Waals surface area (Å²) in [6.07, 6.45) is 3.33. The molecule has 0 radical (unpaired) electrons. The minimum Gasteiger partial charge on any atom is -0.383 e. The summed E-state index contributed by atoms with van der Waals surface area (Å²) < 4.78 is 5.14. The fraction of sp³-hybridized carbons (Fsp3) is 0.538. The quantitative estimate of drug-likeness (QED) is 0.591. The van der Waals surface area contributed by atoms with Crippen LogP contribution in [0.25, 0.3) is 0 Å². The number of carbonyl (C=O) groups is 2. The third kappa shape index (κ3) is 6.30. The average molecular weight is 496 g/mol. The number of rotatable bonds is 8. The highest BCUT2D eigenvalue weighted by molar-refractivity contribution is 5.96. The smallest absolute Gasteiger partial charge is 0.272 e. The number of piperazine rings is 2. The van der Waals surface area contributed by atoms with E-state index in [0.717, 1.165) is 31.1 Å². The number of ether oxygens (including phenoxy) is 1. The van der Waals surface area contributed by atoms with Gasteiger partial charge in [0.05, 0.1) is 17.9 Å². The lowest BCUT2D eigenvalue weighted by molar-refractivity contribution is 0.0592. The van der Waals surface area contributed by atoms with Gasteiger partial charge in [-0.3, -0.25) is 19.5 Å². The van der Waals surface area contributed by atoms with E-state index in [1.54, 1.807) is 25.4 Å². The van der Waals surface area contributed by atoms with Crippen LogP contribution in [0.1, 0.15) is 34.7 Å². The number of nitrogens with zero attached hydrogens (tertiary/aromatic N) is 6. The van der Waals surface area contributed by atoms with E-state index in [2.05, 4.69) is 38.9 Å². The number of hydrogen-bond donors (Lipinski definition) is 1. The standard InChI is InChI=1S/C26H37N7O3/c1-20(2)29-22-5-4-8-27-24(22)31-13-15-33(16-14-31)26(35)23-7-6-21(19-28-23)25(34)32-11-9-30(10-12-32)17-18-36-3/h4-8,19-20,29H,9-18H2,1-3H3. The average Bonchev–Trinajstić information content (AvgIpc) is 2.91. The molecule has 0 bridgehead atoms. The first-order valence-corrected chi connectivity index (χ1v) is 12.7. The van der Waals surface area contributed by atoms with Crippen LogP contribution in [0.4, 0.5) is 11.5 Å². The third-order valence-corrected chi connectivity index (χ3v) is 6.60. The van der Waals surface area contributed by atoms with Gasteiger partial charge < -0.3 is 24.8 Å². The minimum atomic E-state index is -0.109. The van der Waals surface area contributed by atoms with Gasteiger partial charge in [0.25, 0.3) is 11.8 Å². The van der Waals surface area contributed by atoms with Crippen LogP contribution in [0.15, 0.2) is 36.7 Å². The number of nitrogens with one attached hydrogen (secondary N) is 1. The monoisotopic (exact) mass is 495 g/mol. The maximum Gasteiger partial charge on any atom is 0.272 e. The van der Waals surface area contributed by atoms with Gasteiger partial charge in [0, 0.05) is 84.4 Å². The maximum atomic E-state index is 13.1. The van der Waals surface area contributed by atoms with Crippen LogP contribution in [0.3, 0.4) is 0 Å². The van der Waals surface area contributed by atoms with Crippen LogP contribution in [-0.4, -0.2) is 115 Å². The van der Waals surface area contributed by atoms with E-state index >= 15 is 0 Å². The highest BCUT2D eigenvalue weighted by atomic mass is 16.5. The lowest BCUT2D eigenvalue weighted by atomic mass is 10.2. The zero-order valence-corrected chi connectivity index (χ0v) is 21.5. The summed E-state index contributed by atoms with van der Waals surface area (Å²) >= 11 is 0. The van der Waals surface area contributed by atoms with Gasteiger partial charge >= 0.3 is 0 Å². The molecule has 0 aliphatic carbocycles. The van der Waals surface area contributed by atoms with Crippen LogP contribution >= 0.6 is 0 Å². The summed E-state index contributed by atoms with van der Waals surface area (Å²) in [7, 11) is 1.70. The number of aromatic nitrogens is 2. The SMILES string of the molecule is COCCN1CCN(C(=O)c2ccc(C(=O)N3CCN(c4ncccc4NC(C)C)CC3)nc2)CC1. The van der Waals surface area contributed by atoms with Crippen molar-refractivity contribution in [3.63, 3.8) is 0 Å². The van der Waals surface area contributed by atoms with Crippen molar-refractivity contribution in [2.24, 2.45) is 0 Å². The molecular formula is C26H37N7O3. The molecule has 10 heteroatoms. The summed E-state index contributed by atoms with van der Waals surface area (Å²) in [6.45, 7) is 11.4. The molecule has 0 spiro atoms. The van der Waals surface area contributed by atoms with Gasteiger partial charge in [-0.1, -0.05) is 0 Å². The van der Waals surface area contributed by atoms with Gasteiger partial charge in [0.1, 0.15) is 5.69 Å². The van der Waals surface area contributed by atoms with Gasteiger partial charge in [-0.15, -0.1) is 0 Å². The largest absolute Gasteiger partial charge is 0.383 e. The molecule has 2 aromatic heterocycles. The molecule has 1 N–H and O–H groups in total. The Morgan fingerprint density at radius 2 is 1.64 bits per heavy atom. The Balaban J connectivity index is 1.30. The van der Waals surface area contributed by atoms with Crippen LogP contribution in [0, 0.1) is 0 Å². The van der Waals surface area contributed by atoms with Crippen molar-refractivity contribution in [3.8, 4) is 0 Å². The Kier molecular flexibility index (Phi) is 8.71. The molecule has 2 aliphatic heterocycles. The molecule has 4 heterocycles. The Labute approximate surface area is 213 Å². The second kappa shape index (κ2) is 12.1. The summed E-state index contributed by atoms with van der Waals surface area (Å²) in [5.74, 6) is 0.767. The molecule has 4 rings (SSSR count). The van der Waals surface area contributed by atoms with Gasteiger partial charge in [-0.2, -0.15) is 0 Å². The second-order valence-electron chi connectivity index (χ2n) is 9.51. The van der Waals surface area contributed by atoms with Crippen LogP contribution in [-0.2, 0) is 4.74 Å². The first kappa shape index (κ1) is 25.8. The van der Waals surface area contributed by atoms with E-state index in [1.807, 2.05) is 21.9 Å². The molecular weight excluding hydrogens is 458 g/mol. The highest BCUT2D eigenvalue weighted by Crippen LogP contribution is 2.25. The van der Waals surface area contributed by atoms with Crippen molar-refractivity contribution in [3.05, 3.63) is 47.9 Å². The Morgan fingerprint density at radius 3 is 2.28 bits per heavy atom. The molecule has 0 atom stereocenters. The first-order valence-electron chi connectivity index (χ1n) is 12.7. The number of anilines is 2. The molecule has 0 aromatic carbocycles. The molecule has 2 saturated heterocycles. The molecule has 10 nitrogen and oxygen atoms in total. The molecule has 0 saturated carbocycles. The van der Waals surface area contributed by atoms with E-state index in [4.69, 9.17) is 4.74 Å². The zero-order chi connectivity index (χ0) is 25.5. The van der Waals surface area contributed by atoms with Gasteiger partial charge in [-0.05, 0) is 38.1 Å². The normalized spacial score (nSPS) is 16.9. The van der Waals surface area contributed by atoms with Crippen molar-refractivity contribution in [2.75, 3.05) is 82.8 Å². The molecule has 2 fully saturated rings. The first-order chi connectivity index (χ1) is 17.5. The van der Waals surface area contributed by atoms with Gasteiger partial charge in [0.2, 0.25) is 0 Å². The molecule has 0 unspecified atom stereocenters. The number of pyridine rings is 2. The van der Waals surface area contributed by atoms with Crippen molar-refractivity contribution in [1.82, 2.24) is 24.7 Å². The number of methoxy groups -OCH3 is 1. The predicted molar refractivity (Wildman–Crippen MR) is 140 cm³/mol. The molecule has 36 heavy (non-hydrogen) atoms. The Hall–Kier alpha value is -3.24. The van der Waals surface area contributed by atoms with E-state index in [0.29, 0.717) is 63.2 Å². The predicted octanol–water partition coefficient (Wildman–Crippen LogP) is 1.66. The molecule has 2 amide bonds. The van der Waals surface area contributed by atoms with Gasteiger partial charge in [-0.25, -0.2) is 4.98 Å². The fourth-order valence-electron chi connectivity index (χ4n) is 4.58. The minimum absolute atomic E-state index is 0.0392. The van der Waals surface area contributed by atoms with Crippen LogP contribution < -0.4 is 10.2 Å². The maximum absolute atomic E-state index is 13.1. The van der Waals surface area contributed by atoms with Crippen molar-refractivity contribution in [2.45, 2.75) is 19.9 Å². The van der Waals surface area contributed by atoms with Crippen LogP contribution in [0.5, 0.6) is 0 Å². The highest BCUT2D eigenvalue weighted by Gasteiger charge is 2.26. The topological polar surface area (TPSA) is 94.1 Å². The fourth-order valence-corrected chi connectivity index (χ4v) is 4.58. The van der Waals surface area contributed by atoms with Crippen molar-refractivity contribution < 1.29 is 14.3 Å². The Bertz CT molecular complexity index is 1010. The lowest BCUT2D eigenvalue weighted by Crippen LogP contribution is -2.49. The number of carbonyl (C=O) groups excluding carboxylic acids is 2. The third-order valence-electron chi connectivity index (χ3n) is 6.60. The summed E-state index contributed by atoms with van der Waals surface area (Å²) in [6, 6.07) is 7.65. The van der Waals surface area contributed by atoms with Gasteiger partial charge in [0.15, 0.2) is 5.82 Å². The zero-order valence-electron chi connectivity index (χ0n) is 21.5. The molecule has 2 aromatic rings. The Morgan fingerprint density at radius 1 is 0.944 bits per heavy atom. The lowest BCUT2D eigenvalue weighted by Gasteiger charge is -2.36. The molecule has 194 valence electrons. The molecule has 2 aliphatic rings.